The Labute approximate surface area is 122 Å². The van der Waals surface area contributed by atoms with Crippen LogP contribution in [0.15, 0.2) is 6.33 Å². The van der Waals surface area contributed by atoms with Crippen LogP contribution >= 0.6 is 11.6 Å². The SMILES string of the molecule is Nc1nc(Cl)c(F)c2ncn([C@@H]3O[C@H](CO)[C@@H](O)[C@H]3O)c12. The van der Waals surface area contributed by atoms with Gasteiger partial charge >= 0.3 is 0 Å². The van der Waals surface area contributed by atoms with Crippen LogP contribution in [0.3, 0.4) is 0 Å². The lowest BCUT2D eigenvalue weighted by Crippen LogP contribution is -2.33. The maximum absolute atomic E-state index is 13.9. The van der Waals surface area contributed by atoms with Crippen LogP contribution in [0.1, 0.15) is 6.23 Å². The molecule has 114 valence electrons. The summed E-state index contributed by atoms with van der Waals surface area (Å²) in [6.45, 7) is -0.477. The summed E-state index contributed by atoms with van der Waals surface area (Å²) in [4.78, 5) is 7.49. The summed E-state index contributed by atoms with van der Waals surface area (Å²) >= 11 is 5.59. The number of nitrogens with two attached hydrogens (primary N) is 1. The van der Waals surface area contributed by atoms with E-state index in [2.05, 4.69) is 9.97 Å². The zero-order valence-corrected chi connectivity index (χ0v) is 11.3. The van der Waals surface area contributed by atoms with Crippen LogP contribution in [0.5, 0.6) is 0 Å². The number of rotatable bonds is 2. The first kappa shape index (κ1) is 14.4. The van der Waals surface area contributed by atoms with Crippen molar-refractivity contribution in [3.63, 3.8) is 0 Å². The number of anilines is 1. The Kier molecular flexibility index (Phi) is 3.46. The van der Waals surface area contributed by atoms with Gasteiger partial charge in [-0.05, 0) is 0 Å². The summed E-state index contributed by atoms with van der Waals surface area (Å²) in [7, 11) is 0. The highest BCUT2D eigenvalue weighted by Crippen LogP contribution is 2.34. The zero-order valence-electron chi connectivity index (χ0n) is 10.5. The van der Waals surface area contributed by atoms with E-state index in [1.54, 1.807) is 0 Å². The van der Waals surface area contributed by atoms with E-state index in [9.17, 15) is 14.6 Å². The van der Waals surface area contributed by atoms with Gasteiger partial charge in [0, 0.05) is 0 Å². The fourth-order valence-electron chi connectivity index (χ4n) is 2.38. The molecule has 0 spiro atoms. The Bertz CT molecular complexity index is 696. The van der Waals surface area contributed by atoms with E-state index in [1.807, 2.05) is 0 Å². The Morgan fingerprint density at radius 2 is 2.14 bits per heavy atom. The lowest BCUT2D eigenvalue weighted by atomic mass is 10.1. The minimum absolute atomic E-state index is 0.0896. The largest absolute Gasteiger partial charge is 0.394 e. The lowest BCUT2D eigenvalue weighted by molar-refractivity contribution is -0.0508. The van der Waals surface area contributed by atoms with Crippen molar-refractivity contribution in [3.8, 4) is 0 Å². The molecule has 3 heterocycles. The molecule has 10 heteroatoms. The molecule has 0 amide bonds. The second kappa shape index (κ2) is 5.04. The standard InChI is InChI=1S/C11H12ClFN4O4/c12-9-4(13)5-6(10(14)16-9)17(2-15-5)11-8(20)7(19)3(1-18)21-11/h2-3,7-8,11,18-20H,1H2,(H2,14,16)/t3-,7-,8-,11-/m1/s1. The van der Waals surface area contributed by atoms with E-state index in [4.69, 9.17) is 27.2 Å². The van der Waals surface area contributed by atoms with Crippen LogP contribution in [-0.4, -0.2) is 54.8 Å². The molecule has 3 rings (SSSR count). The summed E-state index contributed by atoms with van der Waals surface area (Å²) in [6, 6.07) is 0. The maximum Gasteiger partial charge on any atom is 0.188 e. The summed E-state index contributed by atoms with van der Waals surface area (Å²) in [5.74, 6) is -0.932. The first-order chi connectivity index (χ1) is 9.95. The zero-order chi connectivity index (χ0) is 15.3. The van der Waals surface area contributed by atoms with Crippen molar-refractivity contribution in [2.24, 2.45) is 0 Å². The van der Waals surface area contributed by atoms with Crippen LogP contribution in [0.25, 0.3) is 11.0 Å². The maximum atomic E-state index is 13.9. The van der Waals surface area contributed by atoms with Gasteiger partial charge in [-0.3, -0.25) is 4.57 Å². The summed E-state index contributed by atoms with van der Waals surface area (Å²) in [5, 5.41) is 28.4. The molecular formula is C11H12ClFN4O4. The number of ether oxygens (including phenoxy) is 1. The van der Waals surface area contributed by atoms with E-state index in [1.165, 1.54) is 10.9 Å². The number of hydrogen-bond acceptors (Lipinski definition) is 7. The molecule has 4 atom stereocenters. The van der Waals surface area contributed by atoms with Gasteiger partial charge in [0.05, 0.1) is 12.9 Å². The average molecular weight is 319 g/mol. The Morgan fingerprint density at radius 3 is 2.76 bits per heavy atom. The molecule has 0 bridgehead atoms. The fourth-order valence-corrected chi connectivity index (χ4v) is 2.56. The number of nitrogens with zero attached hydrogens (tertiary/aromatic N) is 3. The van der Waals surface area contributed by atoms with Crippen molar-refractivity contribution < 1.29 is 24.4 Å². The van der Waals surface area contributed by atoms with E-state index in [0.29, 0.717) is 0 Å². The van der Waals surface area contributed by atoms with Gasteiger partial charge in [-0.15, -0.1) is 0 Å². The Balaban J connectivity index is 2.12. The predicted molar refractivity (Wildman–Crippen MR) is 69.9 cm³/mol. The van der Waals surface area contributed by atoms with Crippen molar-refractivity contribution in [2.75, 3.05) is 12.3 Å². The monoisotopic (exact) mass is 318 g/mol. The summed E-state index contributed by atoms with van der Waals surface area (Å²) in [6.07, 6.45) is -3.47. The molecule has 21 heavy (non-hydrogen) atoms. The highest BCUT2D eigenvalue weighted by molar-refractivity contribution is 6.30. The van der Waals surface area contributed by atoms with Crippen LogP contribution in [0.4, 0.5) is 10.2 Å². The Morgan fingerprint density at radius 1 is 1.43 bits per heavy atom. The van der Waals surface area contributed by atoms with Gasteiger partial charge in [0.25, 0.3) is 0 Å². The Hall–Kier alpha value is -1.52. The molecule has 0 aromatic carbocycles. The first-order valence-corrected chi connectivity index (χ1v) is 6.43. The molecule has 1 aliphatic rings. The third-order valence-electron chi connectivity index (χ3n) is 3.44. The number of fused-ring (bicyclic) bond motifs is 1. The third kappa shape index (κ3) is 2.05. The van der Waals surface area contributed by atoms with Gasteiger partial charge in [-0.2, -0.15) is 0 Å². The van der Waals surface area contributed by atoms with E-state index in [0.717, 1.165) is 0 Å². The van der Waals surface area contributed by atoms with Crippen LogP contribution in [0, 0.1) is 5.82 Å². The van der Waals surface area contributed by atoms with Crippen LogP contribution in [0.2, 0.25) is 5.15 Å². The second-order valence-corrected chi connectivity index (χ2v) is 5.04. The number of halogens is 2. The molecule has 1 saturated heterocycles. The molecule has 0 aliphatic carbocycles. The number of aromatic nitrogens is 3. The van der Waals surface area contributed by atoms with Gasteiger partial charge in [0.15, 0.2) is 23.0 Å². The molecule has 2 aromatic rings. The van der Waals surface area contributed by atoms with Crippen molar-refractivity contribution >= 4 is 28.5 Å². The van der Waals surface area contributed by atoms with E-state index in [-0.39, 0.29) is 16.9 Å². The van der Waals surface area contributed by atoms with Crippen molar-refractivity contribution in [1.82, 2.24) is 14.5 Å². The molecule has 0 unspecified atom stereocenters. The topological polar surface area (TPSA) is 127 Å². The van der Waals surface area contributed by atoms with Gasteiger partial charge in [0.2, 0.25) is 0 Å². The third-order valence-corrected chi connectivity index (χ3v) is 3.69. The number of pyridine rings is 1. The number of hydrogen-bond donors (Lipinski definition) is 4. The van der Waals surface area contributed by atoms with Gasteiger partial charge < -0.3 is 25.8 Å². The van der Waals surface area contributed by atoms with E-state index >= 15 is 0 Å². The van der Waals surface area contributed by atoms with Crippen molar-refractivity contribution in [1.29, 1.82) is 0 Å². The summed E-state index contributed by atoms with van der Waals surface area (Å²) in [5.41, 5.74) is 5.68. The normalized spacial score (nSPS) is 29.4. The van der Waals surface area contributed by atoms with Gasteiger partial charge in [-0.1, -0.05) is 11.6 Å². The average Bonchev–Trinajstić information content (AvgIpc) is 3.00. The first-order valence-electron chi connectivity index (χ1n) is 6.05. The molecular weight excluding hydrogens is 307 g/mol. The van der Waals surface area contributed by atoms with Crippen molar-refractivity contribution in [3.05, 3.63) is 17.3 Å². The molecule has 5 N–H and O–H groups in total. The van der Waals surface area contributed by atoms with Crippen molar-refractivity contribution in [2.45, 2.75) is 24.5 Å². The smallest absolute Gasteiger partial charge is 0.188 e. The van der Waals surface area contributed by atoms with E-state index < -0.39 is 42.1 Å². The predicted octanol–water partition coefficient (Wildman–Crippen LogP) is -0.583. The number of imidazole rings is 1. The second-order valence-electron chi connectivity index (χ2n) is 4.68. The highest BCUT2D eigenvalue weighted by atomic mass is 35.5. The number of aliphatic hydroxyl groups is 3. The lowest BCUT2D eigenvalue weighted by Gasteiger charge is -2.17. The van der Waals surface area contributed by atoms with Crippen LogP contribution in [-0.2, 0) is 4.74 Å². The minimum atomic E-state index is -1.34. The molecule has 1 fully saturated rings. The quantitative estimate of drug-likeness (QED) is 0.545. The van der Waals surface area contributed by atoms with Gasteiger partial charge in [-0.25, -0.2) is 14.4 Å². The molecule has 0 radical (unpaired) electrons. The molecule has 0 saturated carbocycles. The number of aliphatic hydroxyl groups excluding tert-OH is 3. The van der Waals surface area contributed by atoms with Crippen LogP contribution < -0.4 is 5.73 Å². The molecule has 2 aromatic heterocycles. The van der Waals surface area contributed by atoms with Gasteiger partial charge in [0.1, 0.15) is 29.3 Å². The minimum Gasteiger partial charge on any atom is -0.394 e. The fraction of sp³-hybridized carbons (Fsp3) is 0.455. The summed E-state index contributed by atoms with van der Waals surface area (Å²) < 4.78 is 20.5. The number of nitrogen functional groups attached to an aromatic ring is 1. The highest BCUT2D eigenvalue weighted by Gasteiger charge is 2.44. The molecule has 1 aliphatic heterocycles. The molecule has 8 nitrogen and oxygen atoms in total.